The Hall–Kier alpha value is -2.59. The molecule has 0 atom stereocenters. The van der Waals surface area contributed by atoms with Gasteiger partial charge in [-0.2, -0.15) is 8.70 Å². The van der Waals surface area contributed by atoms with Crippen molar-refractivity contribution in [3.63, 3.8) is 0 Å². The average Bonchev–Trinajstić information content (AvgIpc) is 2.79. The largest absolute Gasteiger partial charge is 0.490 e. The Morgan fingerprint density at radius 1 is 1.12 bits per heavy atom. The summed E-state index contributed by atoms with van der Waals surface area (Å²) in [6.07, 6.45) is 1.81. The summed E-state index contributed by atoms with van der Waals surface area (Å²) in [6.45, 7) is 4.14. The van der Waals surface area contributed by atoms with Crippen LogP contribution in [0.3, 0.4) is 0 Å². The molecule has 1 aliphatic heterocycles. The number of ether oxygens (including phenoxy) is 1. The molecule has 2 aromatic carbocycles. The van der Waals surface area contributed by atoms with Crippen molar-refractivity contribution in [3.05, 3.63) is 59.9 Å². The SMILES string of the molecule is CC(C)(CCCOc1cccc(F)c1F)C(=O)NC1CCN(S(=O)(=O)c2cccc(F)c2)CC1. The third kappa shape index (κ3) is 6.29. The lowest BCUT2D eigenvalue weighted by Crippen LogP contribution is -2.49. The van der Waals surface area contributed by atoms with Gasteiger partial charge in [-0.1, -0.05) is 26.0 Å². The maximum Gasteiger partial charge on any atom is 0.243 e. The number of halogens is 3. The number of nitrogens with one attached hydrogen (secondary N) is 1. The minimum Gasteiger partial charge on any atom is -0.490 e. The number of benzene rings is 2. The molecule has 1 heterocycles. The summed E-state index contributed by atoms with van der Waals surface area (Å²) in [4.78, 5) is 12.7. The zero-order chi connectivity index (χ0) is 24.9. The van der Waals surface area contributed by atoms with Crippen LogP contribution in [-0.4, -0.2) is 44.4 Å². The summed E-state index contributed by atoms with van der Waals surface area (Å²) in [6, 6.07) is 8.45. The lowest BCUT2D eigenvalue weighted by Gasteiger charge is -2.33. The maximum absolute atomic E-state index is 13.6. The van der Waals surface area contributed by atoms with Crippen molar-refractivity contribution >= 4 is 15.9 Å². The normalized spacial score (nSPS) is 15.8. The van der Waals surface area contributed by atoms with E-state index in [9.17, 15) is 26.4 Å². The second-order valence-corrected chi connectivity index (χ2v) is 10.9. The fourth-order valence-corrected chi connectivity index (χ4v) is 5.30. The van der Waals surface area contributed by atoms with Crippen LogP contribution in [-0.2, 0) is 14.8 Å². The van der Waals surface area contributed by atoms with E-state index in [1.807, 2.05) is 0 Å². The Bertz CT molecular complexity index is 1120. The predicted octanol–water partition coefficient (Wildman–Crippen LogP) is 4.26. The second kappa shape index (κ2) is 10.8. The van der Waals surface area contributed by atoms with Crippen molar-refractivity contribution in [3.8, 4) is 5.75 Å². The van der Waals surface area contributed by atoms with Gasteiger partial charge < -0.3 is 10.1 Å². The summed E-state index contributed by atoms with van der Waals surface area (Å²) in [5, 5.41) is 2.98. The van der Waals surface area contributed by atoms with E-state index in [-0.39, 0.29) is 42.3 Å². The first-order chi connectivity index (χ1) is 16.0. The minimum absolute atomic E-state index is 0.0866. The highest BCUT2D eigenvalue weighted by Crippen LogP contribution is 2.26. The summed E-state index contributed by atoms with van der Waals surface area (Å²) >= 11 is 0. The van der Waals surface area contributed by atoms with Crippen LogP contribution in [0.25, 0.3) is 0 Å². The number of hydrogen-bond acceptors (Lipinski definition) is 4. The van der Waals surface area contributed by atoms with E-state index >= 15 is 0 Å². The first-order valence-corrected chi connectivity index (χ1v) is 12.6. The van der Waals surface area contributed by atoms with Crippen molar-refractivity contribution in [2.45, 2.75) is 50.5 Å². The molecule has 0 radical (unpaired) electrons. The van der Waals surface area contributed by atoms with E-state index in [4.69, 9.17) is 4.74 Å². The minimum atomic E-state index is -3.79. The number of sulfonamides is 1. The molecular formula is C24H29F3N2O4S. The number of piperidine rings is 1. The second-order valence-electron chi connectivity index (χ2n) is 9.00. The Morgan fingerprint density at radius 3 is 2.47 bits per heavy atom. The van der Waals surface area contributed by atoms with E-state index < -0.39 is 32.9 Å². The quantitative estimate of drug-likeness (QED) is 0.525. The highest BCUT2D eigenvalue weighted by molar-refractivity contribution is 7.89. The van der Waals surface area contributed by atoms with E-state index in [1.165, 1.54) is 34.6 Å². The van der Waals surface area contributed by atoms with Gasteiger partial charge in [0, 0.05) is 24.5 Å². The Balaban J connectivity index is 1.45. The topological polar surface area (TPSA) is 75.7 Å². The average molecular weight is 499 g/mol. The summed E-state index contributed by atoms with van der Waals surface area (Å²) in [5.41, 5.74) is -0.728. The number of carbonyl (C=O) groups excluding carboxylic acids is 1. The van der Waals surface area contributed by atoms with Crippen LogP contribution < -0.4 is 10.1 Å². The molecule has 1 fully saturated rings. The molecule has 1 amide bonds. The van der Waals surface area contributed by atoms with Gasteiger partial charge in [0.15, 0.2) is 11.6 Å². The third-order valence-corrected chi connectivity index (χ3v) is 7.85. The molecule has 0 bridgehead atoms. The number of hydrogen-bond donors (Lipinski definition) is 1. The van der Waals surface area contributed by atoms with Crippen LogP contribution in [0.5, 0.6) is 5.75 Å². The lowest BCUT2D eigenvalue weighted by atomic mass is 9.86. The number of carbonyl (C=O) groups is 1. The van der Waals surface area contributed by atoms with Gasteiger partial charge in [-0.3, -0.25) is 4.79 Å². The van der Waals surface area contributed by atoms with Gasteiger partial charge in [0.2, 0.25) is 21.7 Å². The molecule has 3 rings (SSSR count). The van der Waals surface area contributed by atoms with Crippen LogP contribution in [0, 0.1) is 22.9 Å². The molecular weight excluding hydrogens is 469 g/mol. The van der Waals surface area contributed by atoms with E-state index in [1.54, 1.807) is 13.8 Å². The Kier molecular flexibility index (Phi) is 8.25. The van der Waals surface area contributed by atoms with Crippen LogP contribution in [0.2, 0.25) is 0 Å². The zero-order valence-corrected chi connectivity index (χ0v) is 20.0. The molecule has 10 heteroatoms. The van der Waals surface area contributed by atoms with Crippen molar-refractivity contribution in [2.75, 3.05) is 19.7 Å². The van der Waals surface area contributed by atoms with E-state index in [0.717, 1.165) is 12.1 Å². The zero-order valence-electron chi connectivity index (χ0n) is 19.2. The highest BCUT2D eigenvalue weighted by atomic mass is 32.2. The van der Waals surface area contributed by atoms with Gasteiger partial charge >= 0.3 is 0 Å². The van der Waals surface area contributed by atoms with E-state index in [2.05, 4.69) is 5.32 Å². The number of nitrogens with zero attached hydrogens (tertiary/aromatic N) is 1. The predicted molar refractivity (Wildman–Crippen MR) is 121 cm³/mol. The van der Waals surface area contributed by atoms with Gasteiger partial charge in [-0.05, 0) is 56.0 Å². The molecule has 0 aromatic heterocycles. The molecule has 0 spiro atoms. The van der Waals surface area contributed by atoms with Crippen LogP contribution >= 0.6 is 0 Å². The van der Waals surface area contributed by atoms with E-state index in [0.29, 0.717) is 25.7 Å². The molecule has 0 saturated carbocycles. The van der Waals surface area contributed by atoms with Gasteiger partial charge in [0.25, 0.3) is 0 Å². The Labute approximate surface area is 198 Å². The highest BCUT2D eigenvalue weighted by Gasteiger charge is 2.33. The van der Waals surface area contributed by atoms with Gasteiger partial charge in [-0.25, -0.2) is 17.2 Å². The molecule has 1 aliphatic rings. The molecule has 186 valence electrons. The van der Waals surface area contributed by atoms with Gasteiger partial charge in [-0.15, -0.1) is 0 Å². The third-order valence-electron chi connectivity index (χ3n) is 5.96. The maximum atomic E-state index is 13.6. The first-order valence-electron chi connectivity index (χ1n) is 11.1. The lowest BCUT2D eigenvalue weighted by molar-refractivity contribution is -0.130. The molecule has 1 saturated heterocycles. The first kappa shape index (κ1) is 26.0. The van der Waals surface area contributed by atoms with Gasteiger partial charge in [0.1, 0.15) is 5.82 Å². The smallest absolute Gasteiger partial charge is 0.243 e. The molecule has 2 aromatic rings. The molecule has 0 unspecified atom stereocenters. The van der Waals surface area contributed by atoms with Crippen molar-refractivity contribution in [1.29, 1.82) is 0 Å². The van der Waals surface area contributed by atoms with Crippen LogP contribution in [0.4, 0.5) is 13.2 Å². The van der Waals surface area contributed by atoms with Gasteiger partial charge in [0.05, 0.1) is 11.5 Å². The van der Waals surface area contributed by atoms with Crippen molar-refractivity contribution < 1.29 is 31.1 Å². The standard InChI is InChI=1S/C24H29F3N2O4S/c1-24(2,12-5-15-33-21-9-4-8-20(26)22(21)27)23(30)28-18-10-13-29(14-11-18)34(31,32)19-7-3-6-17(25)16-19/h3-4,6-9,16,18H,5,10-15H2,1-2H3,(H,28,30). The molecule has 0 aliphatic carbocycles. The number of amides is 1. The molecule has 1 N–H and O–H groups in total. The summed E-state index contributed by atoms with van der Waals surface area (Å²) in [5.74, 6) is -2.97. The van der Waals surface area contributed by atoms with Crippen molar-refractivity contribution in [1.82, 2.24) is 9.62 Å². The van der Waals surface area contributed by atoms with Crippen LogP contribution in [0.15, 0.2) is 47.4 Å². The monoisotopic (exact) mass is 498 g/mol. The molecule has 6 nitrogen and oxygen atoms in total. The van der Waals surface area contributed by atoms with Crippen LogP contribution in [0.1, 0.15) is 39.5 Å². The fraction of sp³-hybridized carbons (Fsp3) is 0.458. The van der Waals surface area contributed by atoms with Crippen molar-refractivity contribution in [2.24, 2.45) is 5.41 Å². The summed E-state index contributed by atoms with van der Waals surface area (Å²) < 4.78 is 72.4. The number of rotatable bonds is 9. The molecule has 34 heavy (non-hydrogen) atoms. The Morgan fingerprint density at radius 2 is 1.79 bits per heavy atom. The fourth-order valence-electron chi connectivity index (χ4n) is 3.80. The summed E-state index contributed by atoms with van der Waals surface area (Å²) in [7, 11) is -3.79.